The molecule has 0 N–H and O–H groups in total. The van der Waals surface area contributed by atoms with Crippen LogP contribution >= 0.6 is 12.2 Å². The number of hydrogen-bond donors (Lipinski definition) is 0. The molecule has 0 unspecified atom stereocenters. The van der Waals surface area contributed by atoms with Crippen molar-refractivity contribution in [2.75, 3.05) is 11.9 Å². The van der Waals surface area contributed by atoms with Crippen molar-refractivity contribution in [3.05, 3.63) is 75.0 Å². The Labute approximate surface area is 160 Å². The molecule has 2 aromatic rings. The number of carbonyl (C=O) groups excluding carboxylic acids is 1. The Bertz CT molecular complexity index is 1060. The average molecular weight is 378 g/mol. The van der Waals surface area contributed by atoms with Gasteiger partial charge in [0.25, 0.3) is 11.6 Å². The average Bonchev–Trinajstić information content (AvgIpc) is 2.85. The van der Waals surface area contributed by atoms with Gasteiger partial charge in [0.15, 0.2) is 5.11 Å². The lowest BCUT2D eigenvalue weighted by Crippen LogP contribution is -2.31. The molecule has 3 rings (SSSR count). The number of likely N-dealkylation sites (N-methyl/N-ethyl adjacent to an activating group) is 1. The van der Waals surface area contributed by atoms with E-state index in [-0.39, 0.29) is 16.7 Å². The molecule has 0 radical (unpaired) electrons. The number of nitro groups is 1. The number of anilines is 1. The molecule has 0 aromatic heterocycles. The van der Waals surface area contributed by atoms with Crippen molar-refractivity contribution in [2.24, 2.45) is 0 Å². The highest BCUT2D eigenvalue weighted by Gasteiger charge is 2.37. The molecule has 7 nitrogen and oxygen atoms in total. The van der Waals surface area contributed by atoms with E-state index in [1.807, 2.05) is 0 Å². The molecule has 0 spiro atoms. The molecular formula is C19H14N4O3S. The van der Waals surface area contributed by atoms with Gasteiger partial charge in [-0.15, -0.1) is 0 Å². The highest BCUT2D eigenvalue weighted by Crippen LogP contribution is 2.32. The lowest BCUT2D eigenvalue weighted by molar-refractivity contribution is -0.384. The fraction of sp³-hybridized carbons (Fsp3) is 0.105. The first-order valence-corrected chi connectivity index (χ1v) is 8.33. The maximum Gasteiger partial charge on any atom is 0.281 e. The van der Waals surface area contributed by atoms with E-state index >= 15 is 0 Å². The van der Waals surface area contributed by atoms with Gasteiger partial charge in [-0.05, 0) is 54.5 Å². The number of nitrogens with zero attached hydrogens (tertiary/aromatic N) is 4. The van der Waals surface area contributed by atoms with E-state index in [2.05, 4.69) is 6.07 Å². The van der Waals surface area contributed by atoms with Crippen LogP contribution in [0.15, 0.2) is 48.2 Å². The first-order valence-electron chi connectivity index (χ1n) is 7.92. The number of non-ortho nitro benzene ring substituents is 1. The van der Waals surface area contributed by atoms with E-state index in [0.29, 0.717) is 28.1 Å². The van der Waals surface area contributed by atoms with Crippen LogP contribution in [0.3, 0.4) is 0 Å². The minimum atomic E-state index is -0.486. The maximum atomic E-state index is 13.0. The number of carbonyl (C=O) groups is 1. The van der Waals surface area contributed by atoms with Crippen LogP contribution in [0.25, 0.3) is 6.08 Å². The molecular weight excluding hydrogens is 364 g/mol. The number of rotatable bonds is 3. The van der Waals surface area contributed by atoms with Gasteiger partial charge in [0, 0.05) is 19.2 Å². The van der Waals surface area contributed by atoms with Crippen LogP contribution in [0.4, 0.5) is 11.4 Å². The van der Waals surface area contributed by atoms with Crippen LogP contribution < -0.4 is 4.90 Å². The van der Waals surface area contributed by atoms with Gasteiger partial charge in [0.1, 0.15) is 5.70 Å². The normalized spacial score (nSPS) is 15.4. The number of benzene rings is 2. The van der Waals surface area contributed by atoms with Gasteiger partial charge in [-0.3, -0.25) is 19.8 Å². The lowest BCUT2D eigenvalue weighted by atomic mass is 10.1. The summed E-state index contributed by atoms with van der Waals surface area (Å²) >= 11 is 5.41. The highest BCUT2D eigenvalue weighted by atomic mass is 32.1. The van der Waals surface area contributed by atoms with Gasteiger partial charge < -0.3 is 4.90 Å². The van der Waals surface area contributed by atoms with E-state index < -0.39 is 4.92 Å². The largest absolute Gasteiger partial charge is 0.317 e. The molecule has 0 aliphatic carbocycles. The van der Waals surface area contributed by atoms with Crippen LogP contribution in [0.1, 0.15) is 16.7 Å². The second-order valence-electron chi connectivity index (χ2n) is 5.98. The summed E-state index contributed by atoms with van der Waals surface area (Å²) in [6.07, 6.45) is 1.66. The van der Waals surface area contributed by atoms with Crippen molar-refractivity contribution >= 4 is 40.7 Å². The van der Waals surface area contributed by atoms with Crippen LogP contribution in [0.5, 0.6) is 0 Å². The summed E-state index contributed by atoms with van der Waals surface area (Å²) in [6.45, 7) is 1.69. The predicted molar refractivity (Wildman–Crippen MR) is 105 cm³/mol. The van der Waals surface area contributed by atoms with Crippen LogP contribution in [0, 0.1) is 28.4 Å². The molecule has 27 heavy (non-hydrogen) atoms. The highest BCUT2D eigenvalue weighted by molar-refractivity contribution is 7.80. The van der Waals surface area contributed by atoms with E-state index in [0.717, 1.165) is 0 Å². The third-order valence-corrected chi connectivity index (χ3v) is 4.67. The fourth-order valence-electron chi connectivity index (χ4n) is 2.83. The lowest BCUT2D eigenvalue weighted by Gasteiger charge is -2.18. The van der Waals surface area contributed by atoms with Gasteiger partial charge in [0.2, 0.25) is 0 Å². The quantitative estimate of drug-likeness (QED) is 0.352. The molecule has 0 bridgehead atoms. The molecule has 1 fully saturated rings. The smallest absolute Gasteiger partial charge is 0.281 e. The van der Waals surface area contributed by atoms with Crippen LogP contribution in [-0.4, -0.2) is 27.9 Å². The number of nitro benzene ring substituents is 1. The van der Waals surface area contributed by atoms with Crippen molar-refractivity contribution < 1.29 is 9.72 Å². The van der Waals surface area contributed by atoms with Gasteiger partial charge >= 0.3 is 0 Å². The Hall–Kier alpha value is -3.57. The van der Waals surface area contributed by atoms with Crippen molar-refractivity contribution in [3.8, 4) is 6.07 Å². The number of nitriles is 1. The molecule has 8 heteroatoms. The van der Waals surface area contributed by atoms with Crippen LogP contribution in [0.2, 0.25) is 0 Å². The van der Waals surface area contributed by atoms with E-state index in [1.165, 1.54) is 23.1 Å². The van der Waals surface area contributed by atoms with Crippen molar-refractivity contribution in [2.45, 2.75) is 6.92 Å². The molecule has 1 saturated heterocycles. The molecule has 1 aliphatic rings. The molecule has 1 amide bonds. The maximum absolute atomic E-state index is 13.0. The molecule has 0 atom stereocenters. The minimum Gasteiger partial charge on any atom is -0.317 e. The predicted octanol–water partition coefficient (Wildman–Crippen LogP) is 3.38. The standard InChI is InChI=1S/C19H14N4O3S/c1-12-8-15(23(25)26)6-7-16(12)22-18(24)17(21(2)19(22)27)10-13-4-3-5-14(9-13)11-20/h3-10H,1-2H3/b17-10+. The Kier molecular flexibility index (Phi) is 4.71. The van der Waals surface area contributed by atoms with Crippen LogP contribution in [-0.2, 0) is 4.79 Å². The molecule has 0 saturated carbocycles. The van der Waals surface area contributed by atoms with Crippen molar-refractivity contribution in [1.82, 2.24) is 4.90 Å². The Morgan fingerprint density at radius 2 is 2.00 bits per heavy atom. The minimum absolute atomic E-state index is 0.0498. The number of amides is 1. The third-order valence-electron chi connectivity index (χ3n) is 4.21. The molecule has 2 aromatic carbocycles. The van der Waals surface area contributed by atoms with E-state index in [1.54, 1.807) is 49.2 Å². The van der Waals surface area contributed by atoms with Gasteiger partial charge in [-0.2, -0.15) is 5.26 Å². The second-order valence-corrected chi connectivity index (χ2v) is 6.34. The van der Waals surface area contributed by atoms with Crippen molar-refractivity contribution in [3.63, 3.8) is 0 Å². The third kappa shape index (κ3) is 3.28. The Morgan fingerprint density at radius 1 is 1.26 bits per heavy atom. The zero-order valence-electron chi connectivity index (χ0n) is 14.5. The fourth-order valence-corrected chi connectivity index (χ4v) is 3.11. The van der Waals surface area contributed by atoms with Gasteiger partial charge in [0.05, 0.1) is 22.2 Å². The van der Waals surface area contributed by atoms with E-state index in [9.17, 15) is 14.9 Å². The van der Waals surface area contributed by atoms with Gasteiger partial charge in [-0.1, -0.05) is 12.1 Å². The number of aryl methyl sites for hydroxylation is 1. The van der Waals surface area contributed by atoms with Gasteiger partial charge in [-0.25, -0.2) is 0 Å². The zero-order chi connectivity index (χ0) is 19.7. The number of thiocarbonyl (C=S) groups is 1. The first kappa shape index (κ1) is 18.2. The number of hydrogen-bond acceptors (Lipinski definition) is 5. The summed E-state index contributed by atoms with van der Waals surface area (Å²) < 4.78 is 0. The summed E-state index contributed by atoms with van der Waals surface area (Å²) in [6, 6.07) is 13.2. The summed E-state index contributed by atoms with van der Waals surface area (Å²) in [5, 5.41) is 20.2. The second kappa shape index (κ2) is 6.97. The Balaban J connectivity index is 2.02. The summed E-state index contributed by atoms with van der Waals surface area (Å²) in [5.74, 6) is -0.332. The zero-order valence-corrected chi connectivity index (χ0v) is 15.4. The summed E-state index contributed by atoms with van der Waals surface area (Å²) in [5.41, 5.74) is 2.56. The summed E-state index contributed by atoms with van der Waals surface area (Å²) in [4.78, 5) is 26.4. The first-order chi connectivity index (χ1) is 12.8. The van der Waals surface area contributed by atoms with Crippen molar-refractivity contribution in [1.29, 1.82) is 5.26 Å². The molecule has 1 heterocycles. The monoisotopic (exact) mass is 378 g/mol. The molecule has 1 aliphatic heterocycles. The summed E-state index contributed by atoms with van der Waals surface area (Å²) in [7, 11) is 1.68. The Morgan fingerprint density at radius 3 is 2.63 bits per heavy atom. The SMILES string of the molecule is Cc1cc([N+](=O)[O-])ccc1N1C(=O)/C(=C\c2cccc(C#N)c2)N(C)C1=S. The molecule has 134 valence electrons. The van der Waals surface area contributed by atoms with E-state index in [4.69, 9.17) is 17.5 Å². The topological polar surface area (TPSA) is 90.5 Å².